The SMILES string of the molecule is COc1cc2c(cc1OC)[C@H](c1ccccc1)N(CC(=O)Nc1ccccc1C(F)(F)F)CC2. The van der Waals surface area contributed by atoms with Crippen molar-refractivity contribution in [1.82, 2.24) is 4.90 Å². The van der Waals surface area contributed by atoms with E-state index in [4.69, 9.17) is 9.47 Å². The maximum atomic E-state index is 13.4. The Hall–Kier alpha value is -3.52. The number of para-hydroxylation sites is 1. The third-order valence-corrected chi connectivity index (χ3v) is 5.94. The molecule has 8 heteroatoms. The number of amides is 1. The van der Waals surface area contributed by atoms with E-state index in [1.165, 1.54) is 18.2 Å². The van der Waals surface area contributed by atoms with E-state index in [0.717, 1.165) is 22.8 Å². The second-order valence-electron chi connectivity index (χ2n) is 8.03. The van der Waals surface area contributed by atoms with Gasteiger partial charge in [0, 0.05) is 6.54 Å². The Kier molecular flexibility index (Phi) is 6.79. The Morgan fingerprint density at radius 2 is 1.65 bits per heavy atom. The molecule has 1 aliphatic rings. The first-order valence-electron chi connectivity index (χ1n) is 10.8. The Labute approximate surface area is 196 Å². The average molecular weight is 470 g/mol. The molecule has 3 aromatic carbocycles. The van der Waals surface area contributed by atoms with Crippen LogP contribution in [-0.2, 0) is 17.4 Å². The number of fused-ring (bicyclic) bond motifs is 1. The molecule has 0 saturated heterocycles. The standard InChI is InChI=1S/C26H25F3N2O3/c1-33-22-14-18-12-13-31(16-24(32)30-21-11-7-6-10-20(21)26(27,28)29)25(17-8-4-3-5-9-17)19(18)15-23(22)34-2/h3-11,14-15,25H,12-13,16H2,1-2H3,(H,30,32)/t25-/m0/s1. The van der Waals surface area contributed by atoms with Crippen molar-refractivity contribution in [3.8, 4) is 11.5 Å². The Balaban J connectivity index is 1.65. The van der Waals surface area contributed by atoms with E-state index >= 15 is 0 Å². The number of carbonyl (C=O) groups is 1. The summed E-state index contributed by atoms with van der Waals surface area (Å²) in [5.41, 5.74) is 1.90. The molecule has 0 aliphatic carbocycles. The van der Waals surface area contributed by atoms with Gasteiger partial charge in [-0.05, 0) is 47.4 Å². The molecule has 0 fully saturated rings. The third kappa shape index (κ3) is 4.87. The molecule has 3 aromatic rings. The van der Waals surface area contributed by atoms with Crippen LogP contribution in [0.25, 0.3) is 0 Å². The van der Waals surface area contributed by atoms with E-state index in [0.29, 0.717) is 24.5 Å². The molecular formula is C26H25F3N2O3. The van der Waals surface area contributed by atoms with Gasteiger partial charge in [-0.2, -0.15) is 13.2 Å². The highest BCUT2D eigenvalue weighted by Gasteiger charge is 2.35. The lowest BCUT2D eigenvalue weighted by atomic mass is 9.87. The Bertz CT molecular complexity index is 1170. The maximum Gasteiger partial charge on any atom is 0.418 e. The number of nitrogens with one attached hydrogen (secondary N) is 1. The van der Waals surface area contributed by atoms with Gasteiger partial charge in [-0.15, -0.1) is 0 Å². The van der Waals surface area contributed by atoms with Gasteiger partial charge in [0.15, 0.2) is 11.5 Å². The first-order valence-corrected chi connectivity index (χ1v) is 10.8. The average Bonchev–Trinajstić information content (AvgIpc) is 2.83. The smallest absolute Gasteiger partial charge is 0.418 e. The summed E-state index contributed by atoms with van der Waals surface area (Å²) in [6, 6.07) is 18.3. The number of benzene rings is 3. The summed E-state index contributed by atoms with van der Waals surface area (Å²) in [4.78, 5) is 14.9. The van der Waals surface area contributed by atoms with Crippen LogP contribution >= 0.6 is 0 Å². The minimum absolute atomic E-state index is 0.0699. The van der Waals surface area contributed by atoms with Crippen molar-refractivity contribution in [3.05, 3.63) is 89.0 Å². The quantitative estimate of drug-likeness (QED) is 0.531. The van der Waals surface area contributed by atoms with Crippen LogP contribution in [0.4, 0.5) is 18.9 Å². The number of ether oxygens (including phenoxy) is 2. The molecule has 34 heavy (non-hydrogen) atoms. The van der Waals surface area contributed by atoms with Crippen molar-refractivity contribution < 1.29 is 27.4 Å². The fraction of sp³-hybridized carbons (Fsp3) is 0.269. The van der Waals surface area contributed by atoms with Gasteiger partial charge in [0.25, 0.3) is 0 Å². The molecule has 1 heterocycles. The summed E-state index contributed by atoms with van der Waals surface area (Å²) in [6.07, 6.45) is -3.90. The van der Waals surface area contributed by atoms with E-state index in [1.54, 1.807) is 14.2 Å². The van der Waals surface area contributed by atoms with Gasteiger partial charge >= 0.3 is 6.18 Å². The highest BCUT2D eigenvalue weighted by molar-refractivity contribution is 5.93. The number of anilines is 1. The first-order chi connectivity index (χ1) is 16.3. The molecule has 1 amide bonds. The summed E-state index contributed by atoms with van der Waals surface area (Å²) in [6.45, 7) is 0.482. The maximum absolute atomic E-state index is 13.4. The molecule has 1 N–H and O–H groups in total. The second-order valence-corrected chi connectivity index (χ2v) is 8.03. The van der Waals surface area contributed by atoms with Gasteiger partial charge in [0.2, 0.25) is 5.91 Å². The van der Waals surface area contributed by atoms with Crippen LogP contribution in [0.2, 0.25) is 0 Å². The van der Waals surface area contributed by atoms with E-state index < -0.39 is 17.6 Å². The van der Waals surface area contributed by atoms with Crippen LogP contribution in [0.1, 0.15) is 28.3 Å². The van der Waals surface area contributed by atoms with Crippen LogP contribution in [-0.4, -0.2) is 38.1 Å². The van der Waals surface area contributed by atoms with Crippen molar-refractivity contribution in [1.29, 1.82) is 0 Å². The zero-order valence-electron chi connectivity index (χ0n) is 18.9. The van der Waals surface area contributed by atoms with E-state index in [2.05, 4.69) is 5.32 Å². The number of hydrogen-bond acceptors (Lipinski definition) is 4. The molecule has 1 aliphatic heterocycles. The lowest BCUT2D eigenvalue weighted by Crippen LogP contribution is -2.41. The lowest BCUT2D eigenvalue weighted by Gasteiger charge is -2.37. The number of rotatable bonds is 6. The molecule has 1 atom stereocenters. The van der Waals surface area contributed by atoms with E-state index in [-0.39, 0.29) is 18.3 Å². The fourth-order valence-electron chi connectivity index (χ4n) is 4.41. The van der Waals surface area contributed by atoms with Gasteiger partial charge in [0.1, 0.15) is 0 Å². The van der Waals surface area contributed by atoms with Crippen LogP contribution in [0, 0.1) is 0 Å². The molecule has 0 radical (unpaired) electrons. The van der Waals surface area contributed by atoms with Crippen LogP contribution < -0.4 is 14.8 Å². The number of halogens is 3. The monoisotopic (exact) mass is 470 g/mol. The largest absolute Gasteiger partial charge is 0.493 e. The minimum atomic E-state index is -4.56. The van der Waals surface area contributed by atoms with Crippen molar-refractivity contribution in [2.45, 2.75) is 18.6 Å². The van der Waals surface area contributed by atoms with Crippen molar-refractivity contribution in [2.75, 3.05) is 32.6 Å². The normalized spacial score (nSPS) is 16.0. The zero-order chi connectivity index (χ0) is 24.3. The molecule has 0 aromatic heterocycles. The van der Waals surface area contributed by atoms with Crippen molar-refractivity contribution >= 4 is 11.6 Å². The first kappa shape index (κ1) is 23.6. The fourth-order valence-corrected chi connectivity index (χ4v) is 4.41. The molecule has 0 bridgehead atoms. The summed E-state index contributed by atoms with van der Waals surface area (Å²) < 4.78 is 51.0. The third-order valence-electron chi connectivity index (χ3n) is 5.94. The van der Waals surface area contributed by atoms with Gasteiger partial charge in [-0.3, -0.25) is 9.69 Å². The molecular weight excluding hydrogens is 445 g/mol. The van der Waals surface area contributed by atoms with Crippen LogP contribution in [0.5, 0.6) is 11.5 Å². The van der Waals surface area contributed by atoms with Gasteiger partial charge < -0.3 is 14.8 Å². The number of carbonyl (C=O) groups excluding carboxylic acids is 1. The van der Waals surface area contributed by atoms with Crippen LogP contribution in [0.3, 0.4) is 0 Å². The summed E-state index contributed by atoms with van der Waals surface area (Å²) >= 11 is 0. The number of methoxy groups -OCH3 is 2. The molecule has 0 spiro atoms. The topological polar surface area (TPSA) is 50.8 Å². The van der Waals surface area contributed by atoms with Gasteiger partial charge in [0.05, 0.1) is 38.1 Å². The summed E-state index contributed by atoms with van der Waals surface area (Å²) in [7, 11) is 3.14. The number of nitrogens with zero attached hydrogens (tertiary/aromatic N) is 1. The minimum Gasteiger partial charge on any atom is -0.493 e. The van der Waals surface area contributed by atoms with Crippen LogP contribution in [0.15, 0.2) is 66.7 Å². The summed E-state index contributed by atoms with van der Waals surface area (Å²) in [5, 5.41) is 2.46. The predicted molar refractivity (Wildman–Crippen MR) is 123 cm³/mol. The molecule has 178 valence electrons. The van der Waals surface area contributed by atoms with E-state index in [9.17, 15) is 18.0 Å². The summed E-state index contributed by atoms with van der Waals surface area (Å²) in [5.74, 6) is 0.692. The molecule has 0 unspecified atom stereocenters. The van der Waals surface area contributed by atoms with Crippen molar-refractivity contribution in [2.24, 2.45) is 0 Å². The zero-order valence-corrected chi connectivity index (χ0v) is 18.9. The predicted octanol–water partition coefficient (Wildman–Crippen LogP) is 5.31. The van der Waals surface area contributed by atoms with E-state index in [1.807, 2.05) is 47.4 Å². The molecule has 5 nitrogen and oxygen atoms in total. The van der Waals surface area contributed by atoms with Gasteiger partial charge in [-0.25, -0.2) is 0 Å². The molecule has 4 rings (SSSR count). The van der Waals surface area contributed by atoms with Gasteiger partial charge in [-0.1, -0.05) is 42.5 Å². The Morgan fingerprint density at radius 3 is 2.32 bits per heavy atom. The molecule has 0 saturated carbocycles. The highest BCUT2D eigenvalue weighted by atomic mass is 19.4. The van der Waals surface area contributed by atoms with Crippen molar-refractivity contribution in [3.63, 3.8) is 0 Å². The highest BCUT2D eigenvalue weighted by Crippen LogP contribution is 2.41. The lowest BCUT2D eigenvalue weighted by molar-refractivity contribution is -0.137. The second kappa shape index (κ2) is 9.77. The number of alkyl halides is 3. The Morgan fingerprint density at radius 1 is 1.00 bits per heavy atom. The number of hydrogen-bond donors (Lipinski definition) is 1.